The van der Waals surface area contributed by atoms with E-state index in [4.69, 9.17) is 9.47 Å². The number of esters is 1. The molecule has 0 atom stereocenters. The number of hydrogen-bond acceptors (Lipinski definition) is 5. The number of ether oxygens (including phenoxy) is 2. The summed E-state index contributed by atoms with van der Waals surface area (Å²) in [5.74, 6) is -0.587. The maximum atomic E-state index is 12.1. The van der Waals surface area contributed by atoms with Gasteiger partial charge in [-0.05, 0) is 38.7 Å². The highest BCUT2D eigenvalue weighted by atomic mass is 32.1. The normalized spacial score (nSPS) is 13.1. The van der Waals surface area contributed by atoms with E-state index >= 15 is 0 Å². The van der Waals surface area contributed by atoms with Gasteiger partial charge in [0.25, 0.3) is 5.91 Å². The molecule has 1 aliphatic carbocycles. The molecule has 0 saturated heterocycles. The Morgan fingerprint density at radius 3 is 2.75 bits per heavy atom. The van der Waals surface area contributed by atoms with Crippen LogP contribution in [0.2, 0.25) is 0 Å². The monoisotopic (exact) mass is 297 g/mol. The molecule has 110 valence electrons. The molecule has 1 N–H and O–H groups in total. The van der Waals surface area contributed by atoms with Gasteiger partial charge >= 0.3 is 5.97 Å². The van der Waals surface area contributed by atoms with E-state index < -0.39 is 0 Å². The fourth-order valence-corrected chi connectivity index (χ4v) is 3.56. The largest absolute Gasteiger partial charge is 0.462 e. The minimum atomic E-state index is -0.349. The zero-order chi connectivity index (χ0) is 14.5. The number of rotatable bonds is 6. The standard InChI is InChI=1S/C14H19NO4S/c1-3-18-8-11(16)15-13-12(14(17)19-4-2)9-6-5-7-10(9)20-13/h3-8H2,1-2H3,(H,15,16). The minimum absolute atomic E-state index is 0.00132. The minimum Gasteiger partial charge on any atom is -0.462 e. The molecule has 5 nitrogen and oxygen atoms in total. The first-order chi connectivity index (χ1) is 9.67. The van der Waals surface area contributed by atoms with E-state index in [2.05, 4.69) is 5.32 Å². The van der Waals surface area contributed by atoms with Crippen LogP contribution in [-0.2, 0) is 27.1 Å². The van der Waals surface area contributed by atoms with Crippen molar-refractivity contribution in [2.24, 2.45) is 0 Å². The van der Waals surface area contributed by atoms with Crippen molar-refractivity contribution in [3.63, 3.8) is 0 Å². The van der Waals surface area contributed by atoms with E-state index in [-0.39, 0.29) is 18.5 Å². The summed E-state index contributed by atoms with van der Waals surface area (Å²) in [7, 11) is 0. The molecule has 6 heteroatoms. The third-order valence-electron chi connectivity index (χ3n) is 3.09. The highest BCUT2D eigenvalue weighted by Gasteiger charge is 2.28. The topological polar surface area (TPSA) is 64.6 Å². The van der Waals surface area contributed by atoms with Crippen molar-refractivity contribution in [2.45, 2.75) is 33.1 Å². The molecule has 1 aromatic rings. The van der Waals surface area contributed by atoms with E-state index in [1.54, 1.807) is 6.92 Å². The van der Waals surface area contributed by atoms with Crippen LogP contribution < -0.4 is 5.32 Å². The number of nitrogens with one attached hydrogen (secondary N) is 1. The van der Waals surface area contributed by atoms with Crippen molar-refractivity contribution in [2.75, 3.05) is 25.1 Å². The molecule has 20 heavy (non-hydrogen) atoms. The Bertz CT molecular complexity index is 510. The lowest BCUT2D eigenvalue weighted by molar-refractivity contribution is -0.120. The number of fused-ring (bicyclic) bond motifs is 1. The Hall–Kier alpha value is -1.40. The predicted octanol–water partition coefficient (Wildman–Crippen LogP) is 2.39. The average Bonchev–Trinajstić information content (AvgIpc) is 2.96. The van der Waals surface area contributed by atoms with Crippen molar-refractivity contribution in [1.82, 2.24) is 0 Å². The Kier molecular flexibility index (Phi) is 5.14. The SMILES string of the molecule is CCOCC(=O)Nc1sc2c(c1C(=O)OCC)CCC2. The van der Waals surface area contributed by atoms with Crippen molar-refractivity contribution in [3.8, 4) is 0 Å². The van der Waals surface area contributed by atoms with Crippen LogP contribution in [0.15, 0.2) is 0 Å². The van der Waals surface area contributed by atoms with Gasteiger partial charge in [-0.3, -0.25) is 4.79 Å². The molecule has 2 rings (SSSR count). The highest BCUT2D eigenvalue weighted by Crippen LogP contribution is 2.39. The van der Waals surface area contributed by atoms with E-state index in [0.29, 0.717) is 23.8 Å². The molecule has 1 aromatic heterocycles. The van der Waals surface area contributed by atoms with Gasteiger partial charge in [-0.1, -0.05) is 0 Å². The molecule has 0 fully saturated rings. The predicted molar refractivity (Wildman–Crippen MR) is 77.4 cm³/mol. The molecular weight excluding hydrogens is 278 g/mol. The van der Waals surface area contributed by atoms with Crippen molar-refractivity contribution < 1.29 is 19.1 Å². The van der Waals surface area contributed by atoms with E-state index in [1.807, 2.05) is 6.92 Å². The Morgan fingerprint density at radius 2 is 2.05 bits per heavy atom. The summed E-state index contributed by atoms with van der Waals surface area (Å²) in [4.78, 5) is 25.0. The number of anilines is 1. The smallest absolute Gasteiger partial charge is 0.341 e. The van der Waals surface area contributed by atoms with Gasteiger partial charge in [0, 0.05) is 11.5 Å². The maximum absolute atomic E-state index is 12.1. The van der Waals surface area contributed by atoms with Crippen LogP contribution >= 0.6 is 11.3 Å². The summed E-state index contributed by atoms with van der Waals surface area (Å²) >= 11 is 1.48. The number of hydrogen-bond donors (Lipinski definition) is 1. The molecule has 1 amide bonds. The van der Waals surface area contributed by atoms with Gasteiger partial charge in [0.05, 0.1) is 12.2 Å². The fraction of sp³-hybridized carbons (Fsp3) is 0.571. The molecule has 0 spiro atoms. The molecule has 0 unspecified atom stereocenters. The van der Waals surface area contributed by atoms with Crippen molar-refractivity contribution >= 4 is 28.2 Å². The second kappa shape index (κ2) is 6.85. The van der Waals surface area contributed by atoms with Crippen LogP contribution in [0.1, 0.15) is 41.1 Å². The molecule has 0 bridgehead atoms. The molecule has 1 aliphatic rings. The molecule has 0 aliphatic heterocycles. The quantitative estimate of drug-likeness (QED) is 0.819. The number of thiophene rings is 1. The van der Waals surface area contributed by atoms with Crippen LogP contribution in [0.25, 0.3) is 0 Å². The van der Waals surface area contributed by atoms with Gasteiger partial charge in [-0.25, -0.2) is 4.79 Å². The number of amides is 1. The van der Waals surface area contributed by atoms with E-state index in [1.165, 1.54) is 16.2 Å². The molecule has 0 radical (unpaired) electrons. The second-order valence-corrected chi connectivity index (χ2v) is 5.57. The zero-order valence-corrected chi connectivity index (χ0v) is 12.6. The highest BCUT2D eigenvalue weighted by molar-refractivity contribution is 7.17. The summed E-state index contributed by atoms with van der Waals surface area (Å²) in [5.41, 5.74) is 1.58. The summed E-state index contributed by atoms with van der Waals surface area (Å²) in [6.45, 7) is 4.42. The summed E-state index contributed by atoms with van der Waals surface area (Å²) in [6, 6.07) is 0. The summed E-state index contributed by atoms with van der Waals surface area (Å²) in [6.07, 6.45) is 2.90. The number of aryl methyl sites for hydroxylation is 1. The summed E-state index contributed by atoms with van der Waals surface area (Å²) < 4.78 is 10.2. The van der Waals surface area contributed by atoms with Gasteiger partial charge < -0.3 is 14.8 Å². The Balaban J connectivity index is 2.19. The van der Waals surface area contributed by atoms with Gasteiger partial charge in [0.1, 0.15) is 11.6 Å². The Morgan fingerprint density at radius 1 is 1.25 bits per heavy atom. The lowest BCUT2D eigenvalue weighted by atomic mass is 10.1. The Labute approximate surface area is 122 Å². The number of carbonyl (C=O) groups excluding carboxylic acids is 2. The first-order valence-electron chi connectivity index (χ1n) is 6.86. The van der Waals surface area contributed by atoms with Crippen molar-refractivity contribution in [3.05, 3.63) is 16.0 Å². The molecule has 0 saturated carbocycles. The molecular formula is C14H19NO4S. The van der Waals surface area contributed by atoms with E-state index in [0.717, 1.165) is 24.8 Å². The van der Waals surface area contributed by atoms with Crippen LogP contribution in [0.4, 0.5) is 5.00 Å². The first-order valence-corrected chi connectivity index (χ1v) is 7.68. The maximum Gasteiger partial charge on any atom is 0.341 e. The molecule has 0 aromatic carbocycles. The lowest BCUT2D eigenvalue weighted by Crippen LogP contribution is -2.19. The molecule has 1 heterocycles. The first kappa shape index (κ1) is 15.0. The third-order valence-corrected chi connectivity index (χ3v) is 4.30. The van der Waals surface area contributed by atoms with Gasteiger partial charge in [0.15, 0.2) is 0 Å². The summed E-state index contributed by atoms with van der Waals surface area (Å²) in [5, 5.41) is 3.36. The van der Waals surface area contributed by atoms with Crippen LogP contribution in [0.5, 0.6) is 0 Å². The van der Waals surface area contributed by atoms with Gasteiger partial charge in [-0.2, -0.15) is 0 Å². The zero-order valence-electron chi connectivity index (χ0n) is 11.8. The van der Waals surface area contributed by atoms with Crippen LogP contribution in [0.3, 0.4) is 0 Å². The average molecular weight is 297 g/mol. The third kappa shape index (κ3) is 3.19. The van der Waals surface area contributed by atoms with Crippen LogP contribution in [-0.4, -0.2) is 31.7 Å². The van der Waals surface area contributed by atoms with Gasteiger partial charge in [0.2, 0.25) is 0 Å². The second-order valence-electron chi connectivity index (χ2n) is 4.47. The van der Waals surface area contributed by atoms with E-state index in [9.17, 15) is 9.59 Å². The lowest BCUT2D eigenvalue weighted by Gasteiger charge is -2.07. The fourth-order valence-electron chi connectivity index (χ4n) is 2.27. The van der Waals surface area contributed by atoms with Gasteiger partial charge in [-0.15, -0.1) is 11.3 Å². The van der Waals surface area contributed by atoms with Crippen molar-refractivity contribution in [1.29, 1.82) is 0 Å². The van der Waals surface area contributed by atoms with Crippen LogP contribution in [0, 0.1) is 0 Å². The number of carbonyl (C=O) groups is 2.